The molecule has 0 saturated carbocycles. The number of aromatic nitrogens is 1. The van der Waals surface area contributed by atoms with Gasteiger partial charge in [0.25, 0.3) is 0 Å². The van der Waals surface area contributed by atoms with Crippen molar-refractivity contribution in [1.29, 1.82) is 0 Å². The highest BCUT2D eigenvalue weighted by atomic mass is 35.5. The first-order valence-electron chi connectivity index (χ1n) is 8.93. The summed E-state index contributed by atoms with van der Waals surface area (Å²) >= 11 is 7.46. The molecule has 2 N–H and O–H groups in total. The molecule has 0 radical (unpaired) electrons. The largest absolute Gasteiger partial charge is 0.383 e. The molecule has 0 atom stereocenters. The molecule has 6 heteroatoms. The number of rotatable bonds is 4. The molecule has 3 nitrogen and oxygen atoms in total. The van der Waals surface area contributed by atoms with Gasteiger partial charge in [-0.1, -0.05) is 64.9 Å². The minimum atomic E-state index is -0.315. The van der Waals surface area contributed by atoms with Crippen molar-refractivity contribution in [1.82, 2.24) is 4.98 Å². The van der Waals surface area contributed by atoms with Gasteiger partial charge < -0.3 is 5.73 Å². The normalized spacial score (nSPS) is 11.6. The predicted molar refractivity (Wildman–Crippen MR) is 120 cm³/mol. The molecule has 144 valence electrons. The summed E-state index contributed by atoms with van der Waals surface area (Å²) in [6.45, 7) is 2.04. The van der Waals surface area contributed by atoms with E-state index in [4.69, 9.17) is 22.3 Å². The average Bonchev–Trinajstić information content (AvgIpc) is 3.13. The molecule has 0 bridgehead atoms. The highest BCUT2D eigenvalue weighted by molar-refractivity contribution is 7.19. The van der Waals surface area contributed by atoms with E-state index >= 15 is 0 Å². The van der Waals surface area contributed by atoms with E-state index in [-0.39, 0.29) is 5.82 Å². The summed E-state index contributed by atoms with van der Waals surface area (Å²) in [5.74, 6) is -0.00521. The number of nitrogens with two attached hydrogens (primary N) is 1. The Morgan fingerprint density at radius 3 is 2.21 bits per heavy atom. The van der Waals surface area contributed by atoms with Gasteiger partial charge in [0.2, 0.25) is 0 Å². The van der Waals surface area contributed by atoms with Crippen LogP contribution in [0.5, 0.6) is 0 Å². The topological polar surface area (TPSA) is 51.3 Å². The van der Waals surface area contributed by atoms with Crippen molar-refractivity contribution < 1.29 is 4.39 Å². The molecule has 29 heavy (non-hydrogen) atoms. The van der Waals surface area contributed by atoms with Gasteiger partial charge in [-0.3, -0.25) is 0 Å². The molecule has 0 spiro atoms. The Morgan fingerprint density at radius 2 is 1.55 bits per heavy atom. The Hall–Kier alpha value is -3.02. The lowest BCUT2D eigenvalue weighted by Crippen LogP contribution is -2.12. The van der Waals surface area contributed by atoms with Crippen LogP contribution >= 0.6 is 22.9 Å². The second-order valence-corrected chi connectivity index (χ2v) is 7.96. The van der Waals surface area contributed by atoms with Gasteiger partial charge in [-0.05, 0) is 43.3 Å². The number of thiazole rings is 1. The zero-order valence-corrected chi connectivity index (χ0v) is 17.1. The van der Waals surface area contributed by atoms with Crippen LogP contribution in [0.15, 0.2) is 77.8 Å². The van der Waals surface area contributed by atoms with E-state index in [1.807, 2.05) is 55.5 Å². The average molecular weight is 422 g/mol. The molecule has 0 aliphatic heterocycles. The van der Waals surface area contributed by atoms with Crippen LogP contribution in [0.4, 0.5) is 9.39 Å². The first kappa shape index (κ1) is 19.3. The third kappa shape index (κ3) is 4.36. The molecule has 4 rings (SSSR count). The van der Waals surface area contributed by atoms with Gasteiger partial charge in [0.05, 0.1) is 0 Å². The van der Waals surface area contributed by atoms with Crippen molar-refractivity contribution >= 4 is 33.8 Å². The van der Waals surface area contributed by atoms with Crippen LogP contribution < -0.4 is 5.73 Å². The summed E-state index contributed by atoms with van der Waals surface area (Å²) in [5.41, 5.74) is 10.7. The fourth-order valence-corrected chi connectivity index (χ4v) is 3.90. The Morgan fingerprint density at radius 1 is 0.931 bits per heavy atom. The minimum Gasteiger partial charge on any atom is -0.383 e. The van der Waals surface area contributed by atoms with E-state index in [1.54, 1.807) is 12.1 Å². The summed E-state index contributed by atoms with van der Waals surface area (Å²) in [4.78, 5) is 9.45. The van der Waals surface area contributed by atoms with Crippen molar-refractivity contribution in [2.24, 2.45) is 10.7 Å². The van der Waals surface area contributed by atoms with Crippen LogP contribution in [0.3, 0.4) is 0 Å². The number of benzene rings is 3. The Kier molecular flexibility index (Phi) is 5.43. The zero-order chi connectivity index (χ0) is 20.4. The molecule has 4 aromatic rings. The van der Waals surface area contributed by atoms with Crippen LogP contribution in [-0.4, -0.2) is 10.8 Å². The maximum Gasteiger partial charge on any atom is 0.146 e. The van der Waals surface area contributed by atoms with Crippen LogP contribution in [0, 0.1) is 12.7 Å². The SMILES string of the molecule is Cc1ccc(-c2nc(-c3ccc(Cl)cc3)sc2/N=C(\N)c2ccc(F)cc2)cc1. The number of hydrogen-bond acceptors (Lipinski definition) is 3. The van der Waals surface area contributed by atoms with Crippen LogP contribution in [0.2, 0.25) is 5.02 Å². The minimum absolute atomic E-state index is 0.310. The first-order valence-corrected chi connectivity index (χ1v) is 10.1. The third-order valence-corrected chi connectivity index (χ3v) is 5.64. The summed E-state index contributed by atoms with van der Waals surface area (Å²) in [5, 5.41) is 2.19. The second kappa shape index (κ2) is 8.15. The van der Waals surface area contributed by atoms with Gasteiger partial charge in [-0.2, -0.15) is 0 Å². The maximum atomic E-state index is 13.2. The van der Waals surface area contributed by atoms with E-state index in [2.05, 4.69) is 4.99 Å². The molecule has 0 aliphatic rings. The van der Waals surface area contributed by atoms with Crippen molar-refractivity contribution in [2.75, 3.05) is 0 Å². The Labute approximate surface area is 177 Å². The monoisotopic (exact) mass is 421 g/mol. The molecule has 0 saturated heterocycles. The molecule has 0 aliphatic carbocycles. The maximum absolute atomic E-state index is 13.2. The van der Waals surface area contributed by atoms with Gasteiger partial charge in [0.15, 0.2) is 0 Å². The van der Waals surface area contributed by atoms with Gasteiger partial charge in [-0.15, -0.1) is 0 Å². The van der Waals surface area contributed by atoms with Crippen LogP contribution in [0.1, 0.15) is 11.1 Å². The number of amidine groups is 1. The number of hydrogen-bond donors (Lipinski definition) is 1. The summed E-state index contributed by atoms with van der Waals surface area (Å²) in [6.07, 6.45) is 0. The fraction of sp³-hybridized carbons (Fsp3) is 0.0435. The molecule has 1 aromatic heterocycles. The van der Waals surface area contributed by atoms with Crippen LogP contribution in [0.25, 0.3) is 21.8 Å². The number of aryl methyl sites for hydroxylation is 1. The second-order valence-electron chi connectivity index (χ2n) is 6.55. The quantitative estimate of drug-likeness (QED) is 0.297. The highest BCUT2D eigenvalue weighted by Gasteiger charge is 2.15. The smallest absolute Gasteiger partial charge is 0.146 e. The lowest BCUT2D eigenvalue weighted by atomic mass is 10.1. The molecular formula is C23H17ClFN3S. The van der Waals surface area contributed by atoms with Crippen molar-refractivity contribution in [3.05, 3.63) is 94.8 Å². The number of aliphatic imine (C=N–C) groups is 1. The van der Waals surface area contributed by atoms with Gasteiger partial charge in [0.1, 0.15) is 27.4 Å². The molecular weight excluding hydrogens is 405 g/mol. The fourth-order valence-electron chi connectivity index (χ4n) is 2.80. The van der Waals surface area contributed by atoms with Gasteiger partial charge >= 0.3 is 0 Å². The Balaban J connectivity index is 1.82. The van der Waals surface area contributed by atoms with E-state index in [0.717, 1.165) is 27.4 Å². The van der Waals surface area contributed by atoms with Gasteiger partial charge in [0, 0.05) is 21.7 Å². The van der Waals surface area contributed by atoms with Crippen molar-refractivity contribution in [3.63, 3.8) is 0 Å². The van der Waals surface area contributed by atoms with Gasteiger partial charge in [-0.25, -0.2) is 14.4 Å². The number of nitrogens with zero attached hydrogens (tertiary/aromatic N) is 2. The predicted octanol–water partition coefficient (Wildman–Crippen LogP) is 6.62. The van der Waals surface area contributed by atoms with Crippen LogP contribution in [-0.2, 0) is 0 Å². The Bertz CT molecular complexity index is 1160. The molecule has 1 heterocycles. The zero-order valence-electron chi connectivity index (χ0n) is 15.6. The van der Waals surface area contributed by atoms with E-state index in [9.17, 15) is 4.39 Å². The molecule has 0 unspecified atom stereocenters. The lowest BCUT2D eigenvalue weighted by molar-refractivity contribution is 0.628. The summed E-state index contributed by atoms with van der Waals surface area (Å²) in [6, 6.07) is 21.6. The van der Waals surface area contributed by atoms with Crippen molar-refractivity contribution in [2.45, 2.75) is 6.92 Å². The highest BCUT2D eigenvalue weighted by Crippen LogP contribution is 2.40. The molecule has 0 amide bonds. The standard InChI is InChI=1S/C23H17ClFN3S/c1-14-2-4-15(5-3-14)20-23(28-21(26)16-8-12-19(25)13-9-16)29-22(27-20)17-6-10-18(24)11-7-17/h2-13H,1H3,(H2,26,28). The summed E-state index contributed by atoms with van der Waals surface area (Å²) < 4.78 is 13.2. The first-order chi connectivity index (χ1) is 14.0. The summed E-state index contributed by atoms with van der Waals surface area (Å²) in [7, 11) is 0. The lowest BCUT2D eigenvalue weighted by Gasteiger charge is -2.02. The molecule has 0 fully saturated rings. The van der Waals surface area contributed by atoms with E-state index < -0.39 is 0 Å². The van der Waals surface area contributed by atoms with E-state index in [0.29, 0.717) is 21.4 Å². The third-order valence-electron chi connectivity index (χ3n) is 4.39. The van der Waals surface area contributed by atoms with E-state index in [1.165, 1.54) is 23.5 Å². The number of halogens is 2. The van der Waals surface area contributed by atoms with Crippen molar-refractivity contribution in [3.8, 4) is 21.8 Å². The molecule has 3 aromatic carbocycles.